The number of piperazine rings is 1. The average molecular weight is 492 g/mol. The summed E-state index contributed by atoms with van der Waals surface area (Å²) in [5.41, 5.74) is 1.92. The lowest BCUT2D eigenvalue weighted by molar-refractivity contribution is -0.123. The molecule has 6 nitrogen and oxygen atoms in total. The Labute approximate surface area is 179 Å². The first-order valence-electron chi connectivity index (χ1n) is 9.39. The Morgan fingerprint density at radius 2 is 1.50 bits per heavy atom. The summed E-state index contributed by atoms with van der Waals surface area (Å²) >= 11 is 2.23. The van der Waals surface area contributed by atoms with Crippen LogP contribution in [0.25, 0.3) is 0 Å². The van der Waals surface area contributed by atoms with Crippen LogP contribution in [0.2, 0.25) is 0 Å². The van der Waals surface area contributed by atoms with Crippen LogP contribution < -0.4 is 10.6 Å². The molecule has 0 bridgehead atoms. The molecule has 0 radical (unpaired) electrons. The Hall–Kier alpha value is -1.97. The zero-order chi connectivity index (χ0) is 19.8. The standard InChI is InChI=1S/C21H25IN4O2/c22-18-7-4-8-19(13-18)24-21(28)16-26-11-9-25(10-12-26)15-20(27)23-14-17-5-2-1-3-6-17/h1-8,13H,9-12,14-16H2,(H,23,27)(H,24,28). The fraction of sp³-hybridized carbons (Fsp3) is 0.333. The quantitative estimate of drug-likeness (QED) is 0.582. The van der Waals surface area contributed by atoms with Crippen molar-refractivity contribution >= 4 is 40.1 Å². The van der Waals surface area contributed by atoms with E-state index in [1.807, 2.05) is 54.6 Å². The average Bonchev–Trinajstić information content (AvgIpc) is 2.69. The molecule has 1 aliphatic rings. The maximum atomic E-state index is 12.2. The van der Waals surface area contributed by atoms with Gasteiger partial charge in [0.1, 0.15) is 0 Å². The topological polar surface area (TPSA) is 64.7 Å². The normalized spacial score (nSPS) is 15.2. The molecule has 0 saturated carbocycles. The van der Waals surface area contributed by atoms with Crippen LogP contribution in [0.4, 0.5) is 5.69 Å². The summed E-state index contributed by atoms with van der Waals surface area (Å²) in [5.74, 6) is 0.0322. The molecule has 7 heteroatoms. The van der Waals surface area contributed by atoms with E-state index in [1.54, 1.807) is 0 Å². The minimum Gasteiger partial charge on any atom is -0.351 e. The Balaban J connectivity index is 1.34. The lowest BCUT2D eigenvalue weighted by atomic mass is 10.2. The van der Waals surface area contributed by atoms with E-state index in [4.69, 9.17) is 0 Å². The smallest absolute Gasteiger partial charge is 0.238 e. The van der Waals surface area contributed by atoms with Crippen LogP contribution in [0.1, 0.15) is 5.56 Å². The van der Waals surface area contributed by atoms with Crippen molar-refractivity contribution in [2.45, 2.75) is 6.54 Å². The molecule has 3 rings (SSSR count). The summed E-state index contributed by atoms with van der Waals surface area (Å²) in [4.78, 5) is 28.6. The second-order valence-electron chi connectivity index (χ2n) is 6.87. The van der Waals surface area contributed by atoms with Crippen molar-refractivity contribution in [1.29, 1.82) is 0 Å². The Morgan fingerprint density at radius 1 is 0.857 bits per heavy atom. The molecule has 2 amide bonds. The minimum absolute atomic E-state index is 0.00365. The molecule has 2 aromatic carbocycles. The van der Waals surface area contributed by atoms with Gasteiger partial charge in [-0.15, -0.1) is 0 Å². The predicted octanol–water partition coefficient (Wildman–Crippen LogP) is 2.16. The maximum Gasteiger partial charge on any atom is 0.238 e. The number of carbonyl (C=O) groups is 2. The third-order valence-corrected chi connectivity index (χ3v) is 5.31. The number of rotatable bonds is 7. The van der Waals surface area contributed by atoms with Crippen molar-refractivity contribution in [3.05, 3.63) is 63.7 Å². The Morgan fingerprint density at radius 3 is 2.14 bits per heavy atom. The van der Waals surface area contributed by atoms with Crippen molar-refractivity contribution in [3.8, 4) is 0 Å². The highest BCUT2D eigenvalue weighted by atomic mass is 127. The fourth-order valence-corrected chi connectivity index (χ4v) is 3.67. The number of amides is 2. The molecule has 1 fully saturated rings. The first-order chi connectivity index (χ1) is 13.6. The number of carbonyl (C=O) groups excluding carboxylic acids is 2. The number of nitrogens with zero attached hydrogens (tertiary/aromatic N) is 2. The lowest BCUT2D eigenvalue weighted by Gasteiger charge is -2.33. The van der Waals surface area contributed by atoms with E-state index in [2.05, 4.69) is 43.0 Å². The number of halogens is 1. The van der Waals surface area contributed by atoms with Crippen molar-refractivity contribution in [3.63, 3.8) is 0 Å². The molecule has 0 spiro atoms. The van der Waals surface area contributed by atoms with Crippen LogP contribution in [-0.4, -0.2) is 60.9 Å². The molecule has 2 aromatic rings. The number of nitrogens with one attached hydrogen (secondary N) is 2. The maximum absolute atomic E-state index is 12.2. The van der Waals surface area contributed by atoms with Gasteiger partial charge < -0.3 is 10.6 Å². The molecule has 1 aliphatic heterocycles. The first-order valence-corrected chi connectivity index (χ1v) is 10.5. The molecule has 2 N–H and O–H groups in total. The van der Waals surface area contributed by atoms with Gasteiger partial charge in [0.25, 0.3) is 0 Å². The molecule has 148 valence electrons. The van der Waals surface area contributed by atoms with E-state index in [0.717, 1.165) is 41.0 Å². The molecule has 1 saturated heterocycles. The summed E-state index contributed by atoms with van der Waals surface area (Å²) in [6.45, 7) is 4.47. The summed E-state index contributed by atoms with van der Waals surface area (Å²) < 4.78 is 1.09. The van der Waals surface area contributed by atoms with Gasteiger partial charge >= 0.3 is 0 Å². The number of benzene rings is 2. The highest BCUT2D eigenvalue weighted by molar-refractivity contribution is 14.1. The first kappa shape index (κ1) is 20.8. The third kappa shape index (κ3) is 6.88. The van der Waals surface area contributed by atoms with Gasteiger partial charge in [-0.3, -0.25) is 19.4 Å². The zero-order valence-corrected chi connectivity index (χ0v) is 17.9. The molecule has 0 unspecified atom stereocenters. The van der Waals surface area contributed by atoms with Crippen LogP contribution in [0.15, 0.2) is 54.6 Å². The second kappa shape index (κ2) is 10.5. The van der Waals surface area contributed by atoms with Gasteiger partial charge in [0, 0.05) is 42.0 Å². The van der Waals surface area contributed by atoms with Gasteiger partial charge in [-0.25, -0.2) is 0 Å². The number of anilines is 1. The summed E-state index contributed by atoms with van der Waals surface area (Å²) in [6.07, 6.45) is 0. The SMILES string of the molecule is O=C(CN1CCN(CC(=O)Nc2cccc(I)c2)CC1)NCc1ccccc1. The van der Waals surface area contributed by atoms with E-state index in [0.29, 0.717) is 19.6 Å². The summed E-state index contributed by atoms with van der Waals surface area (Å²) in [6, 6.07) is 17.7. The molecular formula is C21H25IN4O2. The van der Waals surface area contributed by atoms with E-state index in [-0.39, 0.29) is 11.8 Å². The minimum atomic E-state index is -0.00365. The molecule has 0 aliphatic carbocycles. The Bertz CT molecular complexity index is 792. The van der Waals surface area contributed by atoms with Gasteiger partial charge in [0.05, 0.1) is 13.1 Å². The van der Waals surface area contributed by atoms with Gasteiger partial charge in [0.15, 0.2) is 0 Å². The number of hydrogen-bond donors (Lipinski definition) is 2. The highest BCUT2D eigenvalue weighted by Crippen LogP contribution is 2.12. The van der Waals surface area contributed by atoms with E-state index < -0.39 is 0 Å². The van der Waals surface area contributed by atoms with Crippen LogP contribution in [0.5, 0.6) is 0 Å². The van der Waals surface area contributed by atoms with Gasteiger partial charge in [0.2, 0.25) is 11.8 Å². The van der Waals surface area contributed by atoms with Crippen molar-refractivity contribution in [2.75, 3.05) is 44.6 Å². The van der Waals surface area contributed by atoms with E-state index in [1.165, 1.54) is 0 Å². The molecule has 28 heavy (non-hydrogen) atoms. The van der Waals surface area contributed by atoms with Crippen molar-refractivity contribution in [1.82, 2.24) is 15.1 Å². The number of hydrogen-bond acceptors (Lipinski definition) is 4. The van der Waals surface area contributed by atoms with E-state index >= 15 is 0 Å². The monoisotopic (exact) mass is 492 g/mol. The highest BCUT2D eigenvalue weighted by Gasteiger charge is 2.20. The van der Waals surface area contributed by atoms with Gasteiger partial charge in [-0.05, 0) is 46.4 Å². The molecule has 0 atom stereocenters. The molecule has 1 heterocycles. The molecule has 0 aromatic heterocycles. The largest absolute Gasteiger partial charge is 0.351 e. The lowest BCUT2D eigenvalue weighted by Crippen LogP contribution is -2.50. The van der Waals surface area contributed by atoms with Gasteiger partial charge in [-0.1, -0.05) is 36.4 Å². The van der Waals surface area contributed by atoms with Crippen molar-refractivity contribution < 1.29 is 9.59 Å². The second-order valence-corrected chi connectivity index (χ2v) is 8.12. The summed E-state index contributed by atoms with van der Waals surface area (Å²) in [5, 5.41) is 5.91. The Kier molecular flexibility index (Phi) is 7.81. The molecular weight excluding hydrogens is 467 g/mol. The van der Waals surface area contributed by atoms with Crippen LogP contribution in [0.3, 0.4) is 0 Å². The predicted molar refractivity (Wildman–Crippen MR) is 119 cm³/mol. The van der Waals surface area contributed by atoms with E-state index in [9.17, 15) is 9.59 Å². The third-order valence-electron chi connectivity index (χ3n) is 4.64. The van der Waals surface area contributed by atoms with Gasteiger partial charge in [-0.2, -0.15) is 0 Å². The van der Waals surface area contributed by atoms with Crippen molar-refractivity contribution in [2.24, 2.45) is 0 Å². The van der Waals surface area contributed by atoms with Crippen LogP contribution in [-0.2, 0) is 16.1 Å². The zero-order valence-electron chi connectivity index (χ0n) is 15.7. The fourth-order valence-electron chi connectivity index (χ4n) is 3.13. The van der Waals surface area contributed by atoms with Crippen LogP contribution in [0, 0.1) is 3.57 Å². The van der Waals surface area contributed by atoms with Crippen LogP contribution >= 0.6 is 22.6 Å². The summed E-state index contributed by atoms with van der Waals surface area (Å²) in [7, 11) is 0.